The van der Waals surface area contributed by atoms with Crippen LogP contribution in [0.1, 0.15) is 11.3 Å². The molecular weight excluding hydrogens is 222 g/mol. The maximum atomic E-state index is 5.77. The van der Waals surface area contributed by atoms with Crippen LogP contribution in [0.2, 0.25) is 5.15 Å². The van der Waals surface area contributed by atoms with E-state index in [0.29, 0.717) is 17.5 Å². The first-order chi connectivity index (χ1) is 6.77. The van der Waals surface area contributed by atoms with Gasteiger partial charge in [-0.3, -0.25) is 5.10 Å². The molecule has 0 aliphatic rings. The van der Waals surface area contributed by atoms with Gasteiger partial charge in [0.05, 0.1) is 17.9 Å². The van der Waals surface area contributed by atoms with Crippen LogP contribution < -0.4 is 5.32 Å². The Morgan fingerprint density at radius 1 is 1.57 bits per heavy atom. The van der Waals surface area contributed by atoms with Gasteiger partial charge in [0, 0.05) is 17.8 Å². The molecule has 7 heteroatoms. The maximum Gasteiger partial charge on any atom is 0.186 e. The lowest BCUT2D eigenvalue weighted by molar-refractivity contribution is 1.04. The topological polar surface area (TPSA) is 66.5 Å². The average molecular weight is 230 g/mol. The minimum atomic E-state index is 0.413. The first-order valence-electron chi connectivity index (χ1n) is 3.98. The van der Waals surface area contributed by atoms with Gasteiger partial charge in [-0.15, -0.1) is 0 Å². The molecule has 0 unspecified atom stereocenters. The monoisotopic (exact) mass is 229 g/mol. The van der Waals surface area contributed by atoms with E-state index in [9.17, 15) is 0 Å². The molecule has 0 atom stereocenters. The van der Waals surface area contributed by atoms with Gasteiger partial charge in [-0.25, -0.2) is 0 Å². The second kappa shape index (κ2) is 3.93. The van der Waals surface area contributed by atoms with Crippen LogP contribution in [-0.4, -0.2) is 18.9 Å². The molecule has 0 spiro atoms. The van der Waals surface area contributed by atoms with Crippen LogP contribution in [0.3, 0.4) is 0 Å². The molecule has 74 valence electrons. The minimum Gasteiger partial charge on any atom is -0.362 e. The standard InChI is InChI=1S/C7H8ClN5S/c1-4-5(3-10-11-4)2-9-7-6(8)12-14-13-7/h3H,2H2,1H3,(H,9,13)(H,10,11). The zero-order valence-electron chi connectivity index (χ0n) is 7.41. The number of rotatable bonds is 3. The van der Waals surface area contributed by atoms with Crippen molar-refractivity contribution in [2.75, 3.05) is 5.32 Å². The lowest BCUT2D eigenvalue weighted by Crippen LogP contribution is -2.00. The fourth-order valence-corrected chi connectivity index (χ4v) is 1.70. The van der Waals surface area contributed by atoms with Crippen molar-refractivity contribution in [3.05, 3.63) is 22.6 Å². The summed E-state index contributed by atoms with van der Waals surface area (Å²) in [6.45, 7) is 2.61. The highest BCUT2D eigenvalue weighted by molar-refractivity contribution is 6.99. The number of aryl methyl sites for hydroxylation is 1. The predicted molar refractivity (Wildman–Crippen MR) is 55.6 cm³/mol. The summed E-state index contributed by atoms with van der Waals surface area (Å²) in [6.07, 6.45) is 1.77. The van der Waals surface area contributed by atoms with Gasteiger partial charge in [-0.1, -0.05) is 11.6 Å². The Balaban J connectivity index is 2.02. The number of nitrogens with one attached hydrogen (secondary N) is 2. The van der Waals surface area contributed by atoms with E-state index in [4.69, 9.17) is 11.6 Å². The van der Waals surface area contributed by atoms with E-state index in [1.807, 2.05) is 6.92 Å². The summed E-state index contributed by atoms with van der Waals surface area (Å²) >= 11 is 6.86. The van der Waals surface area contributed by atoms with Crippen molar-refractivity contribution in [1.29, 1.82) is 0 Å². The van der Waals surface area contributed by atoms with Crippen molar-refractivity contribution >= 4 is 29.1 Å². The van der Waals surface area contributed by atoms with Crippen LogP contribution in [0.4, 0.5) is 5.82 Å². The molecule has 5 nitrogen and oxygen atoms in total. The van der Waals surface area contributed by atoms with Gasteiger partial charge in [0.2, 0.25) is 0 Å². The second-order valence-electron chi connectivity index (χ2n) is 2.78. The Morgan fingerprint density at radius 2 is 2.43 bits per heavy atom. The van der Waals surface area contributed by atoms with Crippen LogP contribution in [0, 0.1) is 6.92 Å². The van der Waals surface area contributed by atoms with Crippen molar-refractivity contribution < 1.29 is 0 Å². The lowest BCUT2D eigenvalue weighted by atomic mass is 10.3. The SMILES string of the molecule is Cc1[nH]ncc1CNc1nsnc1Cl. The third kappa shape index (κ3) is 1.85. The highest BCUT2D eigenvalue weighted by Crippen LogP contribution is 2.18. The molecule has 0 radical (unpaired) electrons. The van der Waals surface area contributed by atoms with Crippen molar-refractivity contribution in [2.24, 2.45) is 0 Å². The summed E-state index contributed by atoms with van der Waals surface area (Å²) in [5, 5.41) is 10.3. The zero-order valence-corrected chi connectivity index (χ0v) is 8.98. The smallest absolute Gasteiger partial charge is 0.186 e. The number of H-pyrrole nitrogens is 1. The largest absolute Gasteiger partial charge is 0.362 e. The number of halogens is 1. The first-order valence-corrected chi connectivity index (χ1v) is 5.09. The Labute approximate surface area is 89.8 Å². The molecule has 0 amide bonds. The molecule has 2 rings (SSSR count). The summed E-state index contributed by atoms with van der Waals surface area (Å²) in [4.78, 5) is 0. The van der Waals surface area contributed by atoms with Crippen LogP contribution in [-0.2, 0) is 6.54 Å². The third-order valence-corrected chi connectivity index (χ3v) is 2.72. The van der Waals surface area contributed by atoms with Crippen LogP contribution >= 0.6 is 23.3 Å². The van der Waals surface area contributed by atoms with Gasteiger partial charge >= 0.3 is 0 Å². The lowest BCUT2D eigenvalue weighted by Gasteiger charge is -2.00. The quantitative estimate of drug-likeness (QED) is 0.843. The van der Waals surface area contributed by atoms with Crippen LogP contribution in [0.5, 0.6) is 0 Å². The van der Waals surface area contributed by atoms with E-state index in [1.165, 1.54) is 0 Å². The Hall–Kier alpha value is -1.14. The fourth-order valence-electron chi connectivity index (χ4n) is 1.02. The molecule has 0 saturated heterocycles. The summed E-state index contributed by atoms with van der Waals surface area (Å²) < 4.78 is 7.85. The molecule has 2 aromatic heterocycles. The van der Waals surface area contributed by atoms with Gasteiger partial charge in [0.1, 0.15) is 0 Å². The van der Waals surface area contributed by atoms with Crippen molar-refractivity contribution in [2.45, 2.75) is 13.5 Å². The summed E-state index contributed by atoms with van der Waals surface area (Å²) in [5.74, 6) is 0.622. The number of aromatic nitrogens is 4. The average Bonchev–Trinajstić information content (AvgIpc) is 2.72. The van der Waals surface area contributed by atoms with Crippen molar-refractivity contribution in [3.8, 4) is 0 Å². The van der Waals surface area contributed by atoms with Gasteiger partial charge in [-0.05, 0) is 6.92 Å². The van der Waals surface area contributed by atoms with Crippen molar-refractivity contribution in [3.63, 3.8) is 0 Å². The normalized spacial score (nSPS) is 10.4. The van der Waals surface area contributed by atoms with E-state index in [-0.39, 0.29) is 0 Å². The molecule has 2 N–H and O–H groups in total. The Bertz CT molecular complexity index is 383. The predicted octanol–water partition coefficient (Wildman–Crippen LogP) is 1.84. The Kier molecular flexibility index (Phi) is 2.64. The number of anilines is 1. The zero-order chi connectivity index (χ0) is 9.97. The van der Waals surface area contributed by atoms with Crippen LogP contribution in [0.15, 0.2) is 6.20 Å². The highest BCUT2D eigenvalue weighted by atomic mass is 35.5. The molecule has 0 aliphatic carbocycles. The number of aromatic amines is 1. The maximum absolute atomic E-state index is 5.77. The van der Waals surface area contributed by atoms with E-state index >= 15 is 0 Å². The second-order valence-corrected chi connectivity index (χ2v) is 3.66. The number of hydrogen-bond donors (Lipinski definition) is 2. The van der Waals surface area contributed by atoms with E-state index in [1.54, 1.807) is 6.20 Å². The van der Waals surface area contributed by atoms with Crippen molar-refractivity contribution in [1.82, 2.24) is 18.9 Å². The fraction of sp³-hybridized carbons (Fsp3) is 0.286. The third-order valence-electron chi connectivity index (χ3n) is 1.83. The summed E-state index contributed by atoms with van der Waals surface area (Å²) in [7, 11) is 0. The molecule has 0 aliphatic heterocycles. The van der Waals surface area contributed by atoms with Gasteiger partial charge in [0.25, 0.3) is 0 Å². The van der Waals surface area contributed by atoms with Gasteiger partial charge < -0.3 is 5.32 Å². The van der Waals surface area contributed by atoms with Crippen LogP contribution in [0.25, 0.3) is 0 Å². The number of hydrogen-bond acceptors (Lipinski definition) is 5. The van der Waals surface area contributed by atoms with Gasteiger partial charge in [0.15, 0.2) is 11.0 Å². The highest BCUT2D eigenvalue weighted by Gasteiger charge is 2.05. The molecule has 0 saturated carbocycles. The molecular formula is C7H8ClN5S. The number of nitrogens with zero attached hydrogens (tertiary/aromatic N) is 3. The molecule has 2 aromatic rings. The summed E-state index contributed by atoms with van der Waals surface area (Å²) in [6, 6.07) is 0. The molecule has 0 bridgehead atoms. The Morgan fingerprint density at radius 3 is 3.00 bits per heavy atom. The first kappa shape index (κ1) is 9.42. The van der Waals surface area contributed by atoms with E-state index in [0.717, 1.165) is 23.0 Å². The molecule has 0 aromatic carbocycles. The minimum absolute atomic E-state index is 0.413. The molecule has 0 fully saturated rings. The molecule has 14 heavy (non-hydrogen) atoms. The van der Waals surface area contributed by atoms with Gasteiger partial charge in [-0.2, -0.15) is 13.8 Å². The molecule has 2 heterocycles. The van der Waals surface area contributed by atoms with E-state index in [2.05, 4.69) is 24.3 Å². The van der Waals surface area contributed by atoms with E-state index < -0.39 is 0 Å². The summed E-state index contributed by atoms with van der Waals surface area (Å²) in [5.41, 5.74) is 2.13.